The van der Waals surface area contributed by atoms with Gasteiger partial charge in [0.05, 0.1) is 34.8 Å². The maximum Gasteiger partial charge on any atom is 0.345 e. The molecular formula is C25H24ClNO5S. The number of sulfonamides is 1. The molecule has 33 heavy (non-hydrogen) atoms. The summed E-state index contributed by atoms with van der Waals surface area (Å²) in [6.07, 6.45) is 1.47. The summed E-state index contributed by atoms with van der Waals surface area (Å²) in [6, 6.07) is 15.9. The molecular weight excluding hydrogens is 462 g/mol. The van der Waals surface area contributed by atoms with Crippen LogP contribution < -0.4 is 13.8 Å². The minimum atomic E-state index is -4.09. The second-order valence-corrected chi connectivity index (χ2v) is 9.54. The molecule has 0 heterocycles. The first-order valence-electron chi connectivity index (χ1n) is 10.0. The molecule has 0 amide bonds. The molecule has 0 bridgehead atoms. The van der Waals surface area contributed by atoms with Crippen LogP contribution in [0.2, 0.25) is 5.02 Å². The van der Waals surface area contributed by atoms with Gasteiger partial charge in [-0.3, -0.25) is 4.31 Å². The number of methoxy groups -OCH3 is 1. The Kier molecular flexibility index (Phi) is 7.46. The van der Waals surface area contributed by atoms with E-state index in [9.17, 15) is 13.2 Å². The fourth-order valence-corrected chi connectivity index (χ4v) is 4.83. The highest BCUT2D eigenvalue weighted by atomic mass is 35.5. The molecule has 3 aromatic carbocycles. The van der Waals surface area contributed by atoms with E-state index < -0.39 is 16.0 Å². The van der Waals surface area contributed by atoms with Crippen LogP contribution in [0, 0.1) is 13.8 Å². The number of hydrogen-bond acceptors (Lipinski definition) is 5. The summed E-state index contributed by atoms with van der Waals surface area (Å²) in [6.45, 7) is 7.51. The summed E-state index contributed by atoms with van der Waals surface area (Å²) in [4.78, 5) is 12.7. The van der Waals surface area contributed by atoms with Crippen LogP contribution in [-0.4, -0.2) is 28.0 Å². The summed E-state index contributed by atoms with van der Waals surface area (Å²) >= 11 is 6.22. The smallest absolute Gasteiger partial charge is 0.345 e. The van der Waals surface area contributed by atoms with E-state index in [0.29, 0.717) is 17.2 Å². The summed E-state index contributed by atoms with van der Waals surface area (Å²) in [5.41, 5.74) is 2.29. The average Bonchev–Trinajstić information content (AvgIpc) is 2.79. The van der Waals surface area contributed by atoms with Crippen molar-refractivity contribution in [2.24, 2.45) is 0 Å². The maximum atomic E-state index is 13.5. The topological polar surface area (TPSA) is 72.9 Å². The van der Waals surface area contributed by atoms with Gasteiger partial charge in [0.25, 0.3) is 10.0 Å². The highest BCUT2D eigenvalue weighted by molar-refractivity contribution is 7.92. The van der Waals surface area contributed by atoms with Gasteiger partial charge in [-0.2, -0.15) is 0 Å². The lowest BCUT2D eigenvalue weighted by Gasteiger charge is -2.25. The molecule has 0 aliphatic carbocycles. The van der Waals surface area contributed by atoms with Gasteiger partial charge in [-0.25, -0.2) is 13.2 Å². The summed E-state index contributed by atoms with van der Waals surface area (Å²) in [5, 5.41) is 0.0790. The van der Waals surface area contributed by atoms with Gasteiger partial charge in [-0.15, -0.1) is 6.58 Å². The van der Waals surface area contributed by atoms with Gasteiger partial charge in [0.1, 0.15) is 11.5 Å². The van der Waals surface area contributed by atoms with Crippen molar-refractivity contribution >= 4 is 33.3 Å². The minimum Gasteiger partial charge on any atom is -0.495 e. The Balaban J connectivity index is 2.01. The zero-order valence-corrected chi connectivity index (χ0v) is 20.1. The molecule has 0 radical (unpaired) electrons. The van der Waals surface area contributed by atoms with Crippen LogP contribution in [0.3, 0.4) is 0 Å². The van der Waals surface area contributed by atoms with E-state index in [1.54, 1.807) is 36.4 Å². The number of aryl methyl sites for hydroxylation is 2. The van der Waals surface area contributed by atoms with Gasteiger partial charge in [0, 0.05) is 0 Å². The van der Waals surface area contributed by atoms with Crippen LogP contribution in [0.5, 0.6) is 11.5 Å². The van der Waals surface area contributed by atoms with Gasteiger partial charge in [-0.1, -0.05) is 35.9 Å². The highest BCUT2D eigenvalue weighted by Crippen LogP contribution is 2.33. The largest absolute Gasteiger partial charge is 0.495 e. The molecule has 0 saturated carbocycles. The predicted octanol–water partition coefficient (Wildman–Crippen LogP) is 5.57. The van der Waals surface area contributed by atoms with E-state index in [0.717, 1.165) is 15.4 Å². The van der Waals surface area contributed by atoms with E-state index in [1.807, 2.05) is 19.9 Å². The van der Waals surface area contributed by atoms with Crippen molar-refractivity contribution in [3.05, 3.63) is 95.0 Å². The van der Waals surface area contributed by atoms with Crippen LogP contribution in [0.4, 0.5) is 5.69 Å². The van der Waals surface area contributed by atoms with Crippen molar-refractivity contribution in [1.82, 2.24) is 0 Å². The molecule has 0 aliphatic heterocycles. The molecule has 0 N–H and O–H groups in total. The molecule has 3 rings (SSSR count). The Labute approximate surface area is 199 Å². The first-order valence-corrected chi connectivity index (χ1v) is 11.9. The van der Waals surface area contributed by atoms with Gasteiger partial charge in [0.2, 0.25) is 0 Å². The van der Waals surface area contributed by atoms with Crippen molar-refractivity contribution < 1.29 is 22.7 Å². The second-order valence-electron chi connectivity index (χ2n) is 7.27. The fourth-order valence-electron chi connectivity index (χ4n) is 3.17. The van der Waals surface area contributed by atoms with Crippen LogP contribution in [0.25, 0.3) is 0 Å². The zero-order valence-electron chi connectivity index (χ0n) is 18.5. The average molecular weight is 486 g/mol. The number of hydrogen-bond donors (Lipinski definition) is 0. The molecule has 172 valence electrons. The molecule has 0 spiro atoms. The van der Waals surface area contributed by atoms with Gasteiger partial charge < -0.3 is 9.47 Å². The third kappa shape index (κ3) is 5.21. The molecule has 0 fully saturated rings. The molecule has 0 saturated heterocycles. The van der Waals surface area contributed by atoms with Gasteiger partial charge in [-0.05, 0) is 67.4 Å². The van der Waals surface area contributed by atoms with Gasteiger partial charge >= 0.3 is 5.97 Å². The summed E-state index contributed by atoms with van der Waals surface area (Å²) < 4.78 is 39.0. The minimum absolute atomic E-state index is 0.00619. The Hall–Kier alpha value is -3.29. The number of benzene rings is 3. The third-order valence-electron chi connectivity index (χ3n) is 5.08. The highest BCUT2D eigenvalue weighted by Gasteiger charge is 2.28. The van der Waals surface area contributed by atoms with Gasteiger partial charge in [0.15, 0.2) is 0 Å². The number of esters is 1. The number of carbonyl (C=O) groups is 1. The quantitative estimate of drug-likeness (QED) is 0.237. The van der Waals surface area contributed by atoms with Crippen molar-refractivity contribution in [1.29, 1.82) is 0 Å². The van der Waals surface area contributed by atoms with E-state index >= 15 is 0 Å². The lowest BCUT2D eigenvalue weighted by Crippen LogP contribution is -2.31. The van der Waals surface area contributed by atoms with Crippen LogP contribution >= 0.6 is 11.6 Å². The van der Waals surface area contributed by atoms with Crippen LogP contribution in [-0.2, 0) is 10.0 Å². The lowest BCUT2D eigenvalue weighted by atomic mass is 10.1. The van der Waals surface area contributed by atoms with Crippen molar-refractivity contribution in [2.75, 3.05) is 18.0 Å². The van der Waals surface area contributed by atoms with Crippen LogP contribution in [0.15, 0.2) is 78.2 Å². The number of carbonyl (C=O) groups excluding carboxylic acids is 1. The normalized spacial score (nSPS) is 11.0. The van der Waals surface area contributed by atoms with E-state index in [1.165, 1.54) is 31.4 Å². The molecule has 0 aliphatic rings. The summed E-state index contributed by atoms with van der Waals surface area (Å²) in [5.74, 6) is -0.0335. The number of halogens is 1. The Morgan fingerprint density at radius 2 is 1.79 bits per heavy atom. The summed E-state index contributed by atoms with van der Waals surface area (Å²) in [7, 11) is -2.63. The molecule has 0 aromatic heterocycles. The van der Waals surface area contributed by atoms with E-state index in [4.69, 9.17) is 21.1 Å². The number of nitrogens with zero attached hydrogens (tertiary/aromatic N) is 1. The Morgan fingerprint density at radius 1 is 1.06 bits per heavy atom. The molecule has 0 atom stereocenters. The first-order chi connectivity index (χ1) is 15.7. The molecule has 0 unspecified atom stereocenters. The monoisotopic (exact) mass is 485 g/mol. The standard InChI is InChI=1S/C25H24ClNO5S/c1-5-14-27(23-8-6-7-9-24(23)31-4)33(29,30)20-12-13-22(26)21(16-20)25(28)32-19-11-10-17(2)18(3)15-19/h5-13,15-16H,1,14H2,2-4H3. The van der Waals surface area contributed by atoms with Crippen molar-refractivity contribution in [2.45, 2.75) is 18.7 Å². The maximum absolute atomic E-state index is 13.5. The number of rotatable bonds is 8. The first kappa shape index (κ1) is 24.4. The van der Waals surface area contributed by atoms with Crippen LogP contribution in [0.1, 0.15) is 21.5 Å². The molecule has 6 nitrogen and oxygen atoms in total. The third-order valence-corrected chi connectivity index (χ3v) is 7.19. The second kappa shape index (κ2) is 10.1. The van der Waals surface area contributed by atoms with Crippen molar-refractivity contribution in [3.63, 3.8) is 0 Å². The molecule has 3 aromatic rings. The Morgan fingerprint density at radius 3 is 2.45 bits per heavy atom. The Bertz CT molecular complexity index is 1300. The number of para-hydroxylation sites is 2. The van der Waals surface area contributed by atoms with E-state index in [-0.39, 0.29) is 22.0 Å². The zero-order chi connectivity index (χ0) is 24.2. The lowest BCUT2D eigenvalue weighted by molar-refractivity contribution is 0.0734. The SMILES string of the molecule is C=CCN(c1ccccc1OC)S(=O)(=O)c1ccc(Cl)c(C(=O)Oc2ccc(C)c(C)c2)c1. The molecule has 8 heteroatoms. The predicted molar refractivity (Wildman–Crippen MR) is 130 cm³/mol. The van der Waals surface area contributed by atoms with E-state index in [2.05, 4.69) is 6.58 Å². The fraction of sp³-hybridized carbons (Fsp3) is 0.160. The van der Waals surface area contributed by atoms with Crippen molar-refractivity contribution in [3.8, 4) is 11.5 Å². The number of anilines is 1. The number of ether oxygens (including phenoxy) is 2.